The summed E-state index contributed by atoms with van der Waals surface area (Å²) in [4.78, 5) is 10.0. The summed E-state index contributed by atoms with van der Waals surface area (Å²) in [5.74, 6) is 0. The number of hydrogen-bond donors (Lipinski definition) is 0. The Kier molecular flexibility index (Phi) is 4.74. The molecule has 0 radical (unpaired) electrons. The molecule has 7 heteroatoms. The van der Waals surface area contributed by atoms with Crippen molar-refractivity contribution in [3.8, 4) is 0 Å². The van der Waals surface area contributed by atoms with Gasteiger partial charge in [-0.15, -0.1) is 0 Å². The number of rotatable bonds is 4. The van der Waals surface area contributed by atoms with Crippen LogP contribution in [0.2, 0.25) is 0 Å². The van der Waals surface area contributed by atoms with E-state index in [2.05, 4.69) is 21.8 Å². The minimum Gasteiger partial charge on any atom is -0.379 e. The van der Waals surface area contributed by atoms with Gasteiger partial charge in [0, 0.05) is 39.3 Å². The maximum absolute atomic E-state index is 5.46. The molecule has 4 rings (SSSR count). The molecule has 2 saturated heterocycles. The predicted octanol–water partition coefficient (Wildman–Crippen LogP) is 2.42. The van der Waals surface area contributed by atoms with Gasteiger partial charge in [0.25, 0.3) is 0 Å². The fourth-order valence-corrected chi connectivity index (χ4v) is 5.04. The standard InChI is InChI=1S/C17H27N5OS/c1-13-15-16(20(2)19-13)18-17(24-15)22-7-4-3-5-14(22)6-8-21-9-11-23-12-10-21/h14H,3-12H2,1-2H3. The highest BCUT2D eigenvalue weighted by Crippen LogP contribution is 2.34. The lowest BCUT2D eigenvalue weighted by Crippen LogP contribution is -2.43. The molecule has 2 aromatic heterocycles. The maximum Gasteiger partial charge on any atom is 0.188 e. The highest BCUT2D eigenvalue weighted by atomic mass is 32.1. The molecule has 2 aliphatic heterocycles. The number of aromatic nitrogens is 3. The summed E-state index contributed by atoms with van der Waals surface area (Å²) >= 11 is 1.81. The Labute approximate surface area is 147 Å². The number of nitrogens with zero attached hydrogens (tertiary/aromatic N) is 5. The van der Waals surface area contributed by atoms with E-state index >= 15 is 0 Å². The number of ether oxygens (including phenoxy) is 1. The van der Waals surface area contributed by atoms with E-state index in [4.69, 9.17) is 9.72 Å². The van der Waals surface area contributed by atoms with Gasteiger partial charge in [-0.25, -0.2) is 9.67 Å². The molecule has 4 heterocycles. The molecule has 6 nitrogen and oxygen atoms in total. The molecule has 24 heavy (non-hydrogen) atoms. The van der Waals surface area contributed by atoms with Gasteiger partial charge in [0.2, 0.25) is 0 Å². The molecule has 2 fully saturated rings. The minimum absolute atomic E-state index is 0.621. The molecule has 0 saturated carbocycles. The molecule has 1 unspecified atom stereocenters. The van der Waals surface area contributed by atoms with Crippen molar-refractivity contribution in [2.45, 2.75) is 38.6 Å². The summed E-state index contributed by atoms with van der Waals surface area (Å²) in [7, 11) is 1.99. The number of morpholine rings is 1. The highest BCUT2D eigenvalue weighted by molar-refractivity contribution is 7.22. The van der Waals surface area contributed by atoms with Crippen molar-refractivity contribution in [1.29, 1.82) is 0 Å². The van der Waals surface area contributed by atoms with E-state index in [1.165, 1.54) is 42.1 Å². The first kappa shape index (κ1) is 16.3. The zero-order chi connectivity index (χ0) is 16.5. The number of hydrogen-bond acceptors (Lipinski definition) is 6. The van der Waals surface area contributed by atoms with Crippen molar-refractivity contribution >= 4 is 26.8 Å². The Balaban J connectivity index is 1.48. The maximum atomic E-state index is 5.46. The predicted molar refractivity (Wildman–Crippen MR) is 98.0 cm³/mol. The molecule has 0 N–H and O–H groups in total. The van der Waals surface area contributed by atoms with Crippen LogP contribution in [-0.4, -0.2) is 65.1 Å². The van der Waals surface area contributed by atoms with Gasteiger partial charge in [-0.05, 0) is 32.6 Å². The third kappa shape index (κ3) is 3.17. The molecule has 132 valence electrons. The monoisotopic (exact) mass is 349 g/mol. The second-order valence-corrected chi connectivity index (χ2v) is 7.92. The number of fused-ring (bicyclic) bond motifs is 1. The lowest BCUT2D eigenvalue weighted by Gasteiger charge is -2.37. The van der Waals surface area contributed by atoms with Gasteiger partial charge in [0.15, 0.2) is 10.8 Å². The van der Waals surface area contributed by atoms with Crippen LogP contribution in [0.3, 0.4) is 0 Å². The van der Waals surface area contributed by atoms with Crippen molar-refractivity contribution in [3.05, 3.63) is 5.69 Å². The van der Waals surface area contributed by atoms with Crippen LogP contribution < -0.4 is 4.90 Å². The van der Waals surface area contributed by atoms with Gasteiger partial charge in [0.1, 0.15) is 0 Å². The van der Waals surface area contributed by atoms with E-state index in [0.29, 0.717) is 6.04 Å². The van der Waals surface area contributed by atoms with Crippen LogP contribution in [0, 0.1) is 6.92 Å². The Hall–Kier alpha value is -1.18. The normalized spacial score (nSPS) is 23.2. The van der Waals surface area contributed by atoms with Crippen LogP contribution >= 0.6 is 11.3 Å². The molecule has 2 aromatic rings. The third-order valence-electron chi connectivity index (χ3n) is 5.29. The zero-order valence-electron chi connectivity index (χ0n) is 14.7. The largest absolute Gasteiger partial charge is 0.379 e. The van der Waals surface area contributed by atoms with Gasteiger partial charge >= 0.3 is 0 Å². The number of piperidine rings is 1. The molecule has 1 atom stereocenters. The lowest BCUT2D eigenvalue weighted by molar-refractivity contribution is 0.0362. The number of thiazole rings is 1. The number of aryl methyl sites for hydroxylation is 2. The SMILES string of the molecule is Cc1nn(C)c2nc(N3CCCCC3CCN3CCOCC3)sc12. The first-order chi connectivity index (χ1) is 11.7. The quantitative estimate of drug-likeness (QED) is 0.848. The first-order valence-corrected chi connectivity index (χ1v) is 9.91. The average Bonchev–Trinajstić information content (AvgIpc) is 3.16. The Morgan fingerprint density at radius 2 is 2.04 bits per heavy atom. The van der Waals surface area contributed by atoms with Crippen LogP contribution in [0.15, 0.2) is 0 Å². The second kappa shape index (κ2) is 6.98. The highest BCUT2D eigenvalue weighted by Gasteiger charge is 2.27. The van der Waals surface area contributed by atoms with Gasteiger partial charge in [0.05, 0.1) is 23.6 Å². The Bertz CT molecular complexity index is 656. The van der Waals surface area contributed by atoms with Crippen molar-refractivity contribution in [3.63, 3.8) is 0 Å². The fraction of sp³-hybridized carbons (Fsp3) is 0.765. The summed E-state index contributed by atoms with van der Waals surface area (Å²) in [5, 5.41) is 5.67. The van der Waals surface area contributed by atoms with E-state index in [-0.39, 0.29) is 0 Å². The molecule has 0 aliphatic carbocycles. The van der Waals surface area contributed by atoms with E-state index in [1.807, 2.05) is 23.1 Å². The molecule has 0 bridgehead atoms. The van der Waals surface area contributed by atoms with Crippen molar-refractivity contribution in [2.75, 3.05) is 44.3 Å². The van der Waals surface area contributed by atoms with Crippen molar-refractivity contribution < 1.29 is 4.74 Å². The van der Waals surface area contributed by atoms with E-state index in [1.54, 1.807) is 0 Å². The summed E-state index contributed by atoms with van der Waals surface area (Å²) in [6.07, 6.45) is 5.14. The summed E-state index contributed by atoms with van der Waals surface area (Å²) in [5.41, 5.74) is 2.13. The van der Waals surface area contributed by atoms with Gasteiger partial charge in [-0.2, -0.15) is 5.10 Å². The number of anilines is 1. The Morgan fingerprint density at radius 3 is 2.83 bits per heavy atom. The van der Waals surface area contributed by atoms with E-state index in [0.717, 1.165) is 44.2 Å². The van der Waals surface area contributed by atoms with Crippen LogP contribution in [-0.2, 0) is 11.8 Å². The van der Waals surface area contributed by atoms with Crippen LogP contribution in [0.1, 0.15) is 31.4 Å². The second-order valence-electron chi connectivity index (χ2n) is 6.94. The van der Waals surface area contributed by atoms with Crippen molar-refractivity contribution in [2.24, 2.45) is 7.05 Å². The summed E-state index contributed by atoms with van der Waals surface area (Å²) in [6.45, 7) is 8.33. The minimum atomic E-state index is 0.621. The summed E-state index contributed by atoms with van der Waals surface area (Å²) in [6, 6.07) is 0.621. The third-order valence-corrected chi connectivity index (χ3v) is 6.48. The molecule has 0 spiro atoms. The fourth-order valence-electron chi connectivity index (χ4n) is 3.91. The molecule has 0 aromatic carbocycles. The van der Waals surface area contributed by atoms with Crippen LogP contribution in [0.4, 0.5) is 5.13 Å². The van der Waals surface area contributed by atoms with Crippen LogP contribution in [0.5, 0.6) is 0 Å². The lowest BCUT2D eigenvalue weighted by atomic mass is 9.99. The Morgan fingerprint density at radius 1 is 1.21 bits per heavy atom. The molecule has 2 aliphatic rings. The zero-order valence-corrected chi connectivity index (χ0v) is 15.5. The van der Waals surface area contributed by atoms with Crippen molar-refractivity contribution in [1.82, 2.24) is 19.7 Å². The van der Waals surface area contributed by atoms with Gasteiger partial charge in [-0.1, -0.05) is 11.3 Å². The van der Waals surface area contributed by atoms with Crippen LogP contribution in [0.25, 0.3) is 10.3 Å². The first-order valence-electron chi connectivity index (χ1n) is 9.09. The van der Waals surface area contributed by atoms with E-state index < -0.39 is 0 Å². The molecule has 0 amide bonds. The molecular weight excluding hydrogens is 322 g/mol. The van der Waals surface area contributed by atoms with E-state index in [9.17, 15) is 0 Å². The van der Waals surface area contributed by atoms with Gasteiger partial charge in [-0.3, -0.25) is 4.90 Å². The molecular formula is C17H27N5OS. The topological polar surface area (TPSA) is 46.4 Å². The summed E-state index contributed by atoms with van der Waals surface area (Å²) < 4.78 is 8.62. The van der Waals surface area contributed by atoms with Gasteiger partial charge < -0.3 is 9.64 Å². The smallest absolute Gasteiger partial charge is 0.188 e. The average molecular weight is 350 g/mol.